The Kier molecular flexibility index (Phi) is 5.37. The number of hydrogen-bond donors (Lipinski definition) is 2. The van der Waals surface area contributed by atoms with Gasteiger partial charge in [-0.1, -0.05) is 6.07 Å². The van der Waals surface area contributed by atoms with E-state index in [9.17, 15) is 9.90 Å². The summed E-state index contributed by atoms with van der Waals surface area (Å²) in [5, 5.41) is 15.1. The molecule has 0 saturated heterocycles. The van der Waals surface area contributed by atoms with Crippen LogP contribution in [-0.4, -0.2) is 36.1 Å². The molecule has 2 heterocycles. The molecule has 0 saturated carbocycles. The fraction of sp³-hybridized carbons (Fsp3) is 0.389. The second-order valence-corrected chi connectivity index (χ2v) is 6.87. The number of benzene rings is 1. The van der Waals surface area contributed by atoms with Crippen molar-refractivity contribution < 1.29 is 14.6 Å². The minimum atomic E-state index is 0.132. The summed E-state index contributed by atoms with van der Waals surface area (Å²) in [5.74, 6) is 0.788. The summed E-state index contributed by atoms with van der Waals surface area (Å²) < 4.78 is 5.02. The van der Waals surface area contributed by atoms with Gasteiger partial charge in [-0.15, -0.1) is 11.3 Å². The van der Waals surface area contributed by atoms with Crippen LogP contribution in [0.25, 0.3) is 0 Å². The van der Waals surface area contributed by atoms with Crippen LogP contribution in [0.2, 0.25) is 0 Å². The minimum absolute atomic E-state index is 0.132. The molecule has 0 atom stereocenters. The Morgan fingerprint density at radius 3 is 3.08 bits per heavy atom. The second kappa shape index (κ2) is 7.68. The lowest BCUT2D eigenvalue weighted by Gasteiger charge is -2.27. The number of phenols is 1. The van der Waals surface area contributed by atoms with Crippen LogP contribution in [0.5, 0.6) is 11.5 Å². The molecule has 1 aromatic carbocycles. The SMILES string of the molecule is COc1ccc(CNCCC(=O)N2CCc3sccc3C2)cc1O. The van der Waals surface area contributed by atoms with E-state index in [1.165, 1.54) is 17.6 Å². The molecule has 0 spiro atoms. The number of methoxy groups -OCH3 is 1. The number of fused-ring (bicyclic) bond motifs is 1. The van der Waals surface area contributed by atoms with Crippen molar-refractivity contribution in [2.24, 2.45) is 0 Å². The lowest BCUT2D eigenvalue weighted by Crippen LogP contribution is -2.36. The first-order chi connectivity index (χ1) is 11.7. The molecule has 2 N–H and O–H groups in total. The smallest absolute Gasteiger partial charge is 0.224 e. The van der Waals surface area contributed by atoms with Gasteiger partial charge in [0.05, 0.1) is 7.11 Å². The van der Waals surface area contributed by atoms with Crippen molar-refractivity contribution in [3.8, 4) is 11.5 Å². The van der Waals surface area contributed by atoms with Crippen molar-refractivity contribution in [1.82, 2.24) is 10.2 Å². The number of ether oxygens (including phenoxy) is 1. The van der Waals surface area contributed by atoms with Gasteiger partial charge in [0.15, 0.2) is 11.5 Å². The molecule has 0 radical (unpaired) electrons. The van der Waals surface area contributed by atoms with Crippen LogP contribution in [0.1, 0.15) is 22.4 Å². The molecule has 1 aliphatic rings. The van der Waals surface area contributed by atoms with Crippen molar-refractivity contribution in [3.63, 3.8) is 0 Å². The van der Waals surface area contributed by atoms with Gasteiger partial charge in [0.2, 0.25) is 5.91 Å². The molecule has 1 aromatic heterocycles. The van der Waals surface area contributed by atoms with Crippen LogP contribution in [0.15, 0.2) is 29.6 Å². The molecule has 0 unspecified atom stereocenters. The largest absolute Gasteiger partial charge is 0.504 e. The van der Waals surface area contributed by atoms with E-state index in [-0.39, 0.29) is 11.7 Å². The molecule has 5 nitrogen and oxygen atoms in total. The Morgan fingerprint density at radius 1 is 1.42 bits per heavy atom. The summed E-state index contributed by atoms with van der Waals surface area (Å²) in [6.07, 6.45) is 1.46. The third kappa shape index (κ3) is 3.88. The summed E-state index contributed by atoms with van der Waals surface area (Å²) in [5.41, 5.74) is 2.25. The van der Waals surface area contributed by atoms with Gasteiger partial charge in [-0.3, -0.25) is 4.79 Å². The number of aromatic hydroxyl groups is 1. The van der Waals surface area contributed by atoms with Gasteiger partial charge in [0, 0.05) is 37.5 Å². The van der Waals surface area contributed by atoms with E-state index >= 15 is 0 Å². The minimum Gasteiger partial charge on any atom is -0.504 e. The Balaban J connectivity index is 1.42. The quantitative estimate of drug-likeness (QED) is 0.789. The molecule has 24 heavy (non-hydrogen) atoms. The average molecular weight is 346 g/mol. The zero-order valence-electron chi connectivity index (χ0n) is 13.7. The number of carbonyl (C=O) groups excluding carboxylic acids is 1. The number of rotatable bonds is 6. The van der Waals surface area contributed by atoms with Crippen LogP contribution >= 0.6 is 11.3 Å². The Hall–Kier alpha value is -2.05. The normalized spacial score (nSPS) is 13.6. The monoisotopic (exact) mass is 346 g/mol. The van der Waals surface area contributed by atoms with E-state index < -0.39 is 0 Å². The maximum Gasteiger partial charge on any atom is 0.224 e. The zero-order chi connectivity index (χ0) is 16.9. The van der Waals surface area contributed by atoms with Crippen LogP contribution in [-0.2, 0) is 24.3 Å². The highest BCUT2D eigenvalue weighted by Crippen LogP contribution is 2.26. The summed E-state index contributed by atoms with van der Waals surface area (Å²) in [6.45, 7) is 2.79. The maximum atomic E-state index is 12.3. The van der Waals surface area contributed by atoms with Gasteiger partial charge in [-0.25, -0.2) is 0 Å². The van der Waals surface area contributed by atoms with Crippen LogP contribution in [0.4, 0.5) is 0 Å². The molecule has 128 valence electrons. The van der Waals surface area contributed by atoms with Crippen LogP contribution in [0, 0.1) is 0 Å². The Bertz CT molecular complexity index is 714. The van der Waals surface area contributed by atoms with Crippen molar-refractivity contribution in [2.75, 3.05) is 20.2 Å². The second-order valence-electron chi connectivity index (χ2n) is 5.87. The van der Waals surface area contributed by atoms with E-state index in [4.69, 9.17) is 4.74 Å². The van der Waals surface area contributed by atoms with Crippen molar-refractivity contribution in [2.45, 2.75) is 25.9 Å². The Morgan fingerprint density at radius 2 is 2.29 bits per heavy atom. The van der Waals surface area contributed by atoms with Crippen molar-refractivity contribution in [1.29, 1.82) is 0 Å². The first kappa shape index (κ1) is 16.8. The van der Waals surface area contributed by atoms with Gasteiger partial charge in [0.1, 0.15) is 0 Å². The van der Waals surface area contributed by atoms with Gasteiger partial charge in [-0.2, -0.15) is 0 Å². The topological polar surface area (TPSA) is 61.8 Å². The molecule has 1 aliphatic heterocycles. The van der Waals surface area contributed by atoms with Crippen molar-refractivity contribution >= 4 is 17.2 Å². The number of nitrogens with one attached hydrogen (secondary N) is 1. The standard InChI is InChI=1S/C18H22N2O3S/c1-23-16-3-2-13(10-15(16)21)11-19-7-4-18(22)20-8-5-17-14(12-20)6-9-24-17/h2-3,6,9-10,19,21H,4-5,7-8,11-12H2,1H3. The zero-order valence-corrected chi connectivity index (χ0v) is 14.6. The van der Waals surface area contributed by atoms with E-state index in [0.29, 0.717) is 25.3 Å². The first-order valence-electron chi connectivity index (χ1n) is 8.07. The summed E-state index contributed by atoms with van der Waals surface area (Å²) in [6, 6.07) is 7.43. The third-order valence-electron chi connectivity index (χ3n) is 4.25. The molecule has 3 rings (SSSR count). The summed E-state index contributed by atoms with van der Waals surface area (Å²) in [4.78, 5) is 15.7. The molecule has 0 bridgehead atoms. The lowest BCUT2D eigenvalue weighted by atomic mass is 10.1. The molecular weight excluding hydrogens is 324 g/mol. The number of carbonyl (C=O) groups is 1. The van der Waals surface area contributed by atoms with Crippen LogP contribution < -0.4 is 10.1 Å². The van der Waals surface area contributed by atoms with Gasteiger partial charge >= 0.3 is 0 Å². The molecule has 0 aliphatic carbocycles. The highest BCUT2D eigenvalue weighted by molar-refractivity contribution is 7.10. The van der Waals surface area contributed by atoms with E-state index in [1.54, 1.807) is 23.5 Å². The number of hydrogen-bond acceptors (Lipinski definition) is 5. The van der Waals surface area contributed by atoms with Crippen LogP contribution in [0.3, 0.4) is 0 Å². The maximum absolute atomic E-state index is 12.3. The first-order valence-corrected chi connectivity index (χ1v) is 8.95. The van der Waals surface area contributed by atoms with E-state index in [0.717, 1.165) is 25.1 Å². The lowest BCUT2D eigenvalue weighted by molar-refractivity contribution is -0.132. The van der Waals surface area contributed by atoms with E-state index in [2.05, 4.69) is 16.8 Å². The Labute approximate surface area is 145 Å². The number of amides is 1. The summed E-state index contributed by atoms with van der Waals surface area (Å²) >= 11 is 1.78. The third-order valence-corrected chi connectivity index (χ3v) is 5.27. The number of nitrogens with zero attached hydrogens (tertiary/aromatic N) is 1. The number of phenolic OH excluding ortho intramolecular Hbond substituents is 1. The molecule has 0 fully saturated rings. The molecule has 2 aromatic rings. The van der Waals surface area contributed by atoms with Crippen molar-refractivity contribution in [3.05, 3.63) is 45.6 Å². The van der Waals surface area contributed by atoms with E-state index in [1.807, 2.05) is 11.0 Å². The fourth-order valence-electron chi connectivity index (χ4n) is 2.89. The molecular formula is C18H22N2O3S. The fourth-order valence-corrected chi connectivity index (χ4v) is 3.78. The molecule has 6 heteroatoms. The molecule has 1 amide bonds. The van der Waals surface area contributed by atoms with Gasteiger partial charge in [0.25, 0.3) is 0 Å². The predicted molar refractivity (Wildman–Crippen MR) is 94.4 cm³/mol. The predicted octanol–water partition coefficient (Wildman–Crippen LogP) is 2.53. The van der Waals surface area contributed by atoms with Gasteiger partial charge in [-0.05, 0) is 41.1 Å². The highest BCUT2D eigenvalue weighted by atomic mass is 32.1. The highest BCUT2D eigenvalue weighted by Gasteiger charge is 2.20. The summed E-state index contributed by atoms with van der Waals surface area (Å²) in [7, 11) is 1.53. The van der Waals surface area contributed by atoms with Gasteiger partial charge < -0.3 is 20.1 Å². The number of thiophene rings is 1. The average Bonchev–Trinajstić information content (AvgIpc) is 3.06.